The van der Waals surface area contributed by atoms with Crippen LogP contribution in [0.2, 0.25) is 6.04 Å². The maximum Gasteiger partial charge on any atom is 0.203 e. The van der Waals surface area contributed by atoms with E-state index < -0.39 is 0 Å². The van der Waals surface area contributed by atoms with Crippen molar-refractivity contribution in [1.29, 1.82) is 0 Å². The van der Waals surface area contributed by atoms with Gasteiger partial charge in [0, 0.05) is 6.61 Å². The molecule has 0 atom stereocenters. The van der Waals surface area contributed by atoms with Crippen molar-refractivity contribution in [1.82, 2.24) is 0 Å². The summed E-state index contributed by atoms with van der Waals surface area (Å²) in [5, 5.41) is 1.64. The lowest BCUT2D eigenvalue weighted by Crippen LogP contribution is -2.45. The van der Waals surface area contributed by atoms with E-state index in [1.165, 1.54) is 11.6 Å². The van der Waals surface area contributed by atoms with Gasteiger partial charge in [0.05, 0.1) is 16.9 Å². The molecule has 1 heterocycles. The second-order valence-corrected chi connectivity index (χ2v) is 11.3. The molecular formula is C9H11OSi3. The van der Waals surface area contributed by atoms with E-state index in [0.717, 1.165) is 24.4 Å². The highest BCUT2D eigenvalue weighted by atomic mass is 29.5. The molecule has 4 heteroatoms. The molecule has 1 aliphatic heterocycles. The summed E-state index contributed by atoms with van der Waals surface area (Å²) in [4.78, 5) is 0. The first-order chi connectivity index (χ1) is 6.38. The minimum Gasteiger partial charge on any atom is -0.422 e. The van der Waals surface area contributed by atoms with Crippen molar-refractivity contribution in [3.63, 3.8) is 0 Å². The lowest BCUT2D eigenvalue weighted by molar-refractivity contribution is 0.367. The van der Waals surface area contributed by atoms with Crippen LogP contribution in [0.3, 0.4) is 0 Å². The van der Waals surface area contributed by atoms with Gasteiger partial charge in [-0.25, -0.2) is 0 Å². The summed E-state index contributed by atoms with van der Waals surface area (Å²) < 4.78 is 5.43. The third-order valence-electron chi connectivity index (χ3n) is 2.20. The highest BCUT2D eigenvalue weighted by molar-refractivity contribution is 7.38. The first kappa shape index (κ1) is 9.39. The number of rotatable bonds is 1. The zero-order valence-electron chi connectivity index (χ0n) is 7.63. The molecule has 1 aromatic carbocycles. The number of aryl methyl sites for hydroxylation is 1. The fourth-order valence-electron chi connectivity index (χ4n) is 1.48. The molecule has 1 aromatic rings. The maximum absolute atomic E-state index is 5.43. The topological polar surface area (TPSA) is 9.23 Å². The molecule has 1 aliphatic rings. The molecule has 0 bridgehead atoms. The molecule has 1 saturated heterocycles. The lowest BCUT2D eigenvalue weighted by atomic mass is 10.2. The Balaban J connectivity index is 2.18. The Hall–Kier alpha value is -0.169. The Morgan fingerprint density at radius 3 is 2.92 bits per heavy atom. The normalized spacial score (nSPS) is 18.8. The molecule has 0 saturated carbocycles. The molecule has 1 fully saturated rings. The zero-order chi connectivity index (χ0) is 9.10. The van der Waals surface area contributed by atoms with Gasteiger partial charge in [-0.2, -0.15) is 0 Å². The average molecular weight is 219 g/mol. The third-order valence-corrected chi connectivity index (χ3v) is 11.7. The number of benzene rings is 1. The lowest BCUT2D eigenvalue weighted by Gasteiger charge is -2.20. The van der Waals surface area contributed by atoms with Crippen LogP contribution in [0.1, 0.15) is 5.56 Å². The molecule has 0 N–H and O–H groups in total. The van der Waals surface area contributed by atoms with Crippen molar-refractivity contribution < 1.29 is 4.43 Å². The Labute approximate surface area is 85.5 Å². The fraction of sp³-hybridized carbons (Fsp3) is 0.333. The van der Waals surface area contributed by atoms with Crippen LogP contribution < -0.4 is 5.19 Å². The van der Waals surface area contributed by atoms with Crippen molar-refractivity contribution in [2.75, 3.05) is 6.61 Å². The van der Waals surface area contributed by atoms with Crippen LogP contribution in [0.5, 0.6) is 0 Å². The predicted octanol–water partition coefficient (Wildman–Crippen LogP) is 0.462. The molecule has 65 valence electrons. The molecule has 0 amide bonds. The molecule has 13 heavy (non-hydrogen) atoms. The fourth-order valence-corrected chi connectivity index (χ4v) is 10.7. The highest BCUT2D eigenvalue weighted by Crippen LogP contribution is 2.02. The first-order valence-electron chi connectivity index (χ1n) is 4.42. The van der Waals surface area contributed by atoms with Gasteiger partial charge >= 0.3 is 0 Å². The molecular weight excluding hydrogens is 208 g/mol. The molecule has 0 aromatic heterocycles. The van der Waals surface area contributed by atoms with Gasteiger partial charge in [0.15, 0.2) is 0 Å². The van der Waals surface area contributed by atoms with Gasteiger partial charge in [-0.15, -0.1) is 0 Å². The van der Waals surface area contributed by atoms with Crippen LogP contribution >= 0.6 is 0 Å². The molecule has 0 spiro atoms. The Morgan fingerprint density at radius 1 is 1.38 bits per heavy atom. The Kier molecular flexibility index (Phi) is 3.15. The summed E-state index contributed by atoms with van der Waals surface area (Å²) in [7, 11) is 1.61. The van der Waals surface area contributed by atoms with E-state index >= 15 is 0 Å². The second kappa shape index (κ2) is 4.36. The minimum atomic E-state index is -0.241. The van der Waals surface area contributed by atoms with E-state index in [2.05, 4.69) is 31.2 Å². The van der Waals surface area contributed by atoms with E-state index in [1.807, 2.05) is 0 Å². The monoisotopic (exact) mass is 219 g/mol. The SMILES string of the molecule is Cc1ccccc1[Si]1CCO[Si][Si]1. The van der Waals surface area contributed by atoms with Crippen LogP contribution in [-0.4, -0.2) is 32.8 Å². The molecule has 5 radical (unpaired) electrons. The molecule has 0 unspecified atom stereocenters. The predicted molar refractivity (Wildman–Crippen MR) is 58.8 cm³/mol. The van der Waals surface area contributed by atoms with Crippen LogP contribution in [0, 0.1) is 6.92 Å². The minimum absolute atomic E-state index is 0.241. The van der Waals surface area contributed by atoms with Gasteiger partial charge in [0.25, 0.3) is 0 Å². The molecule has 0 aliphatic carbocycles. The first-order valence-corrected chi connectivity index (χ1v) is 10.0. The van der Waals surface area contributed by atoms with Crippen molar-refractivity contribution in [2.45, 2.75) is 13.0 Å². The number of hydrogen-bond donors (Lipinski definition) is 0. The third kappa shape index (κ3) is 2.19. The summed E-state index contributed by atoms with van der Waals surface area (Å²) in [6, 6.07) is 10.2. The maximum atomic E-state index is 5.43. The quantitative estimate of drug-likeness (QED) is 0.624. The van der Waals surface area contributed by atoms with E-state index in [1.54, 1.807) is 5.19 Å². The van der Waals surface area contributed by atoms with E-state index in [4.69, 9.17) is 4.43 Å². The summed E-state index contributed by atoms with van der Waals surface area (Å²) in [5.74, 6) is 0. The van der Waals surface area contributed by atoms with Crippen molar-refractivity contribution >= 4 is 31.3 Å². The molecule has 2 rings (SSSR count). The van der Waals surface area contributed by atoms with Crippen molar-refractivity contribution in [2.24, 2.45) is 0 Å². The van der Waals surface area contributed by atoms with E-state index in [-0.39, 0.29) is 8.31 Å². The van der Waals surface area contributed by atoms with Crippen molar-refractivity contribution in [3.05, 3.63) is 29.8 Å². The van der Waals surface area contributed by atoms with Gasteiger partial charge in [0.2, 0.25) is 9.28 Å². The van der Waals surface area contributed by atoms with Gasteiger partial charge in [-0.05, 0) is 13.0 Å². The van der Waals surface area contributed by atoms with Gasteiger partial charge in [0.1, 0.15) is 0 Å². The highest BCUT2D eigenvalue weighted by Gasteiger charge is 2.20. The van der Waals surface area contributed by atoms with Crippen LogP contribution in [-0.2, 0) is 4.43 Å². The largest absolute Gasteiger partial charge is 0.422 e. The summed E-state index contributed by atoms with van der Waals surface area (Å²) >= 11 is 0. The average Bonchev–Trinajstić information content (AvgIpc) is 2.20. The standard InChI is InChI=1S/C9H11OSi3/c1-8-4-2-3-5-9(8)13-7-6-10-11-12-13/h2-5H,6-7H2,1H3. The van der Waals surface area contributed by atoms with Crippen LogP contribution in [0.15, 0.2) is 24.3 Å². The smallest absolute Gasteiger partial charge is 0.203 e. The Bertz CT molecular complexity index is 284. The van der Waals surface area contributed by atoms with Gasteiger partial charge in [-0.3, -0.25) is 0 Å². The second-order valence-electron chi connectivity index (χ2n) is 3.12. The summed E-state index contributed by atoms with van der Waals surface area (Å²) in [6.45, 7) is 3.23. The summed E-state index contributed by atoms with van der Waals surface area (Å²) in [5.41, 5.74) is 1.48. The molecule has 1 nitrogen and oxygen atoms in total. The Morgan fingerprint density at radius 2 is 2.23 bits per heavy atom. The van der Waals surface area contributed by atoms with Gasteiger partial charge < -0.3 is 4.43 Å². The summed E-state index contributed by atoms with van der Waals surface area (Å²) in [6.07, 6.45) is 0. The van der Waals surface area contributed by atoms with Crippen molar-refractivity contribution in [3.8, 4) is 0 Å². The van der Waals surface area contributed by atoms with E-state index in [0.29, 0.717) is 0 Å². The van der Waals surface area contributed by atoms with E-state index in [9.17, 15) is 0 Å². The zero-order valence-corrected chi connectivity index (χ0v) is 10.6. The van der Waals surface area contributed by atoms with Gasteiger partial charge in [-0.1, -0.05) is 35.0 Å². The van der Waals surface area contributed by atoms with Crippen LogP contribution in [0.25, 0.3) is 0 Å². The van der Waals surface area contributed by atoms with Crippen LogP contribution in [0.4, 0.5) is 0 Å². The number of hydrogen-bond acceptors (Lipinski definition) is 1.